The summed E-state index contributed by atoms with van der Waals surface area (Å²) in [7, 11) is 1.27. The molecule has 0 aliphatic carbocycles. The molecule has 2 aromatic heterocycles. The molecular formula is C15H12N2O5. The second-order valence-electron chi connectivity index (χ2n) is 4.78. The van der Waals surface area contributed by atoms with E-state index in [0.717, 1.165) is 4.90 Å². The number of hydrogen-bond acceptors (Lipinski definition) is 5. The number of carbonyl (C=O) groups is 3. The van der Waals surface area contributed by atoms with E-state index < -0.39 is 23.3 Å². The molecule has 0 atom stereocenters. The number of carbonyl (C=O) groups excluding carboxylic acids is 3. The SMILES string of the molecule is CCOC(=O)c1c2c(c(=O)n3ccccc13)C(=O)N(C)C2=O. The molecule has 0 saturated carbocycles. The van der Waals surface area contributed by atoms with Crippen LogP contribution in [0.4, 0.5) is 0 Å². The first-order valence-electron chi connectivity index (χ1n) is 6.65. The Morgan fingerprint density at radius 3 is 2.50 bits per heavy atom. The number of imide groups is 1. The summed E-state index contributed by atoms with van der Waals surface area (Å²) in [5, 5.41) is 0. The van der Waals surface area contributed by atoms with Gasteiger partial charge in [-0.25, -0.2) is 4.79 Å². The summed E-state index contributed by atoms with van der Waals surface area (Å²) in [5.74, 6) is -2.13. The maximum atomic E-state index is 12.5. The molecule has 0 fully saturated rings. The van der Waals surface area contributed by atoms with E-state index in [1.165, 1.54) is 23.7 Å². The van der Waals surface area contributed by atoms with Crippen LogP contribution in [-0.2, 0) is 4.74 Å². The van der Waals surface area contributed by atoms with Crippen LogP contribution in [0.1, 0.15) is 38.0 Å². The minimum absolute atomic E-state index is 0.0558. The molecule has 0 aromatic carbocycles. The molecule has 22 heavy (non-hydrogen) atoms. The molecule has 3 heterocycles. The second kappa shape index (κ2) is 4.80. The van der Waals surface area contributed by atoms with E-state index in [1.54, 1.807) is 19.1 Å². The summed E-state index contributed by atoms with van der Waals surface area (Å²) in [4.78, 5) is 50.0. The fourth-order valence-electron chi connectivity index (χ4n) is 2.55. The summed E-state index contributed by atoms with van der Waals surface area (Å²) in [6, 6.07) is 4.76. The molecule has 0 bridgehead atoms. The number of nitrogens with zero attached hydrogens (tertiary/aromatic N) is 2. The van der Waals surface area contributed by atoms with Gasteiger partial charge in [0.2, 0.25) is 0 Å². The quantitative estimate of drug-likeness (QED) is 0.602. The summed E-state index contributed by atoms with van der Waals surface area (Å²) in [6.45, 7) is 1.75. The zero-order valence-electron chi connectivity index (χ0n) is 12.0. The number of fused-ring (bicyclic) bond motifs is 2. The van der Waals surface area contributed by atoms with Crippen LogP contribution in [0.3, 0.4) is 0 Å². The molecule has 3 rings (SSSR count). The fourth-order valence-corrected chi connectivity index (χ4v) is 2.55. The molecule has 0 saturated heterocycles. The third kappa shape index (κ3) is 1.68. The van der Waals surface area contributed by atoms with Crippen LogP contribution in [0.2, 0.25) is 0 Å². The van der Waals surface area contributed by atoms with Crippen molar-refractivity contribution in [2.75, 3.05) is 13.7 Å². The van der Waals surface area contributed by atoms with E-state index in [9.17, 15) is 19.2 Å². The van der Waals surface area contributed by atoms with Gasteiger partial charge in [0.25, 0.3) is 17.4 Å². The number of ether oxygens (including phenoxy) is 1. The predicted molar refractivity (Wildman–Crippen MR) is 76.0 cm³/mol. The molecule has 1 aliphatic heterocycles. The normalized spacial score (nSPS) is 13.6. The van der Waals surface area contributed by atoms with Crippen molar-refractivity contribution in [1.82, 2.24) is 9.30 Å². The van der Waals surface area contributed by atoms with Crippen LogP contribution in [0.15, 0.2) is 29.2 Å². The highest BCUT2D eigenvalue weighted by molar-refractivity contribution is 6.25. The molecule has 0 spiro atoms. The van der Waals surface area contributed by atoms with Gasteiger partial charge < -0.3 is 4.74 Å². The zero-order valence-corrected chi connectivity index (χ0v) is 12.0. The van der Waals surface area contributed by atoms with Gasteiger partial charge in [-0.3, -0.25) is 23.7 Å². The van der Waals surface area contributed by atoms with Gasteiger partial charge in [-0.2, -0.15) is 0 Å². The first-order valence-corrected chi connectivity index (χ1v) is 6.65. The summed E-state index contributed by atoms with van der Waals surface area (Å²) in [5.41, 5.74) is -0.913. The Morgan fingerprint density at radius 1 is 1.14 bits per heavy atom. The van der Waals surface area contributed by atoms with Gasteiger partial charge in [-0.05, 0) is 19.1 Å². The number of pyridine rings is 2. The van der Waals surface area contributed by atoms with Crippen molar-refractivity contribution in [2.45, 2.75) is 6.92 Å². The van der Waals surface area contributed by atoms with Crippen molar-refractivity contribution in [3.8, 4) is 0 Å². The Hall–Kier alpha value is -2.96. The number of esters is 1. The molecule has 7 nitrogen and oxygen atoms in total. The molecule has 2 aromatic rings. The van der Waals surface area contributed by atoms with Gasteiger partial charge >= 0.3 is 5.97 Å². The van der Waals surface area contributed by atoms with Crippen LogP contribution in [0, 0.1) is 0 Å². The van der Waals surface area contributed by atoms with E-state index in [1.807, 2.05) is 0 Å². The van der Waals surface area contributed by atoms with E-state index in [0.29, 0.717) is 0 Å². The van der Waals surface area contributed by atoms with Crippen molar-refractivity contribution in [3.05, 3.63) is 51.4 Å². The van der Waals surface area contributed by atoms with Gasteiger partial charge in [0.1, 0.15) is 5.56 Å². The Labute approximate surface area is 124 Å². The molecule has 112 valence electrons. The molecule has 0 radical (unpaired) electrons. The van der Waals surface area contributed by atoms with Gasteiger partial charge in [0, 0.05) is 13.2 Å². The minimum atomic E-state index is -0.737. The lowest BCUT2D eigenvalue weighted by molar-refractivity contribution is 0.0521. The average molecular weight is 300 g/mol. The highest BCUT2D eigenvalue weighted by atomic mass is 16.5. The average Bonchev–Trinajstić information content (AvgIpc) is 2.73. The number of aromatic nitrogens is 1. The molecule has 1 aliphatic rings. The zero-order chi connectivity index (χ0) is 16.0. The largest absolute Gasteiger partial charge is 0.462 e. The predicted octanol–water partition coefficient (Wildman–Crippen LogP) is 0.702. The Kier molecular flexibility index (Phi) is 3.05. The molecule has 2 amide bonds. The minimum Gasteiger partial charge on any atom is -0.462 e. The van der Waals surface area contributed by atoms with Crippen molar-refractivity contribution >= 4 is 23.3 Å². The Bertz CT molecular complexity index is 897. The van der Waals surface area contributed by atoms with Crippen LogP contribution in [-0.4, -0.2) is 40.7 Å². The third-order valence-electron chi connectivity index (χ3n) is 3.57. The lowest BCUT2D eigenvalue weighted by Gasteiger charge is -2.10. The second-order valence-corrected chi connectivity index (χ2v) is 4.78. The van der Waals surface area contributed by atoms with Crippen LogP contribution in [0.5, 0.6) is 0 Å². The van der Waals surface area contributed by atoms with Crippen molar-refractivity contribution < 1.29 is 19.1 Å². The highest BCUT2D eigenvalue weighted by Gasteiger charge is 2.41. The van der Waals surface area contributed by atoms with Gasteiger partial charge in [-0.15, -0.1) is 0 Å². The number of hydrogen-bond donors (Lipinski definition) is 0. The smallest absolute Gasteiger partial charge is 0.341 e. The summed E-state index contributed by atoms with van der Waals surface area (Å²) < 4.78 is 6.16. The van der Waals surface area contributed by atoms with Crippen LogP contribution in [0.25, 0.3) is 5.52 Å². The molecule has 0 N–H and O–H groups in total. The van der Waals surface area contributed by atoms with Gasteiger partial charge in [0.05, 0.1) is 23.3 Å². The maximum Gasteiger partial charge on any atom is 0.341 e. The first-order chi connectivity index (χ1) is 10.5. The fraction of sp³-hybridized carbons (Fsp3) is 0.200. The summed E-state index contributed by atoms with van der Waals surface area (Å²) >= 11 is 0. The van der Waals surface area contributed by atoms with E-state index in [2.05, 4.69) is 0 Å². The molecular weight excluding hydrogens is 288 g/mol. The third-order valence-corrected chi connectivity index (χ3v) is 3.57. The maximum absolute atomic E-state index is 12.5. The number of amides is 2. The van der Waals surface area contributed by atoms with Crippen molar-refractivity contribution in [1.29, 1.82) is 0 Å². The number of rotatable bonds is 2. The van der Waals surface area contributed by atoms with Crippen LogP contribution < -0.4 is 5.56 Å². The van der Waals surface area contributed by atoms with E-state index in [-0.39, 0.29) is 28.8 Å². The first kappa shape index (κ1) is 14.0. The van der Waals surface area contributed by atoms with E-state index >= 15 is 0 Å². The Balaban J connectivity index is 2.51. The molecule has 7 heteroatoms. The summed E-state index contributed by atoms with van der Waals surface area (Å²) in [6.07, 6.45) is 1.44. The van der Waals surface area contributed by atoms with Crippen molar-refractivity contribution in [3.63, 3.8) is 0 Å². The van der Waals surface area contributed by atoms with E-state index in [4.69, 9.17) is 4.74 Å². The topological polar surface area (TPSA) is 85.2 Å². The lowest BCUT2D eigenvalue weighted by atomic mass is 10.0. The molecule has 0 unspecified atom stereocenters. The van der Waals surface area contributed by atoms with Gasteiger partial charge in [0.15, 0.2) is 0 Å². The lowest BCUT2D eigenvalue weighted by Crippen LogP contribution is -2.27. The standard InChI is InChI=1S/C15H12N2O5/c1-3-22-15(21)9-8-6-4-5-7-17(8)14(20)11-10(9)12(18)16(2)13(11)19/h4-7H,3H2,1-2H3. The van der Waals surface area contributed by atoms with Crippen molar-refractivity contribution in [2.24, 2.45) is 0 Å². The van der Waals surface area contributed by atoms with Gasteiger partial charge in [-0.1, -0.05) is 6.07 Å². The Morgan fingerprint density at radius 2 is 1.82 bits per heavy atom. The monoisotopic (exact) mass is 300 g/mol. The highest BCUT2D eigenvalue weighted by Crippen LogP contribution is 2.26. The van der Waals surface area contributed by atoms with Crippen LogP contribution >= 0.6 is 0 Å².